The molecule has 0 aliphatic rings. The first-order chi connectivity index (χ1) is 32.7. The quantitative estimate of drug-likeness (QED) is 0.0263. The van der Waals surface area contributed by atoms with Gasteiger partial charge in [-0.2, -0.15) is 0 Å². The maximum absolute atomic E-state index is 14.9. The van der Waals surface area contributed by atoms with E-state index < -0.39 is 11.6 Å². The van der Waals surface area contributed by atoms with Gasteiger partial charge in [-0.25, -0.2) is 13.6 Å². The third kappa shape index (κ3) is 18.0. The number of benzene rings is 6. The molecule has 0 radical (unpaired) electrons. The van der Waals surface area contributed by atoms with Crippen LogP contribution in [0.15, 0.2) is 145 Å². The van der Waals surface area contributed by atoms with E-state index in [1.165, 1.54) is 75.0 Å². The minimum atomic E-state index is -0.733. The fraction of sp³-hybridized carbons (Fsp3) is 0.355. The van der Waals surface area contributed by atoms with Gasteiger partial charge in [0.25, 0.3) is 0 Å². The lowest BCUT2D eigenvalue weighted by Gasteiger charge is -2.10. The highest BCUT2D eigenvalue weighted by Crippen LogP contribution is 2.30. The van der Waals surface area contributed by atoms with E-state index in [-0.39, 0.29) is 5.97 Å². The summed E-state index contributed by atoms with van der Waals surface area (Å²) in [4.78, 5) is 16.3. The molecule has 6 rings (SSSR count). The van der Waals surface area contributed by atoms with Crippen LogP contribution in [0, 0.1) is 24.5 Å². The molecule has 0 amide bonds. The molecule has 0 aliphatic carbocycles. The molecule has 3 nitrogen and oxygen atoms in total. The molecule has 0 saturated heterocycles. The lowest BCUT2D eigenvalue weighted by Crippen LogP contribution is -2.08. The summed E-state index contributed by atoms with van der Waals surface area (Å²) in [6.07, 6.45) is 22.7. The van der Waals surface area contributed by atoms with Gasteiger partial charge in [-0.05, 0) is 107 Å². The van der Waals surface area contributed by atoms with Gasteiger partial charge in [-0.1, -0.05) is 225 Å². The number of unbranched alkanes of at least 4 members (excludes halogenated alkanes) is 10. The summed E-state index contributed by atoms with van der Waals surface area (Å²) in [6.45, 7) is 11.1. The van der Waals surface area contributed by atoms with E-state index in [0.29, 0.717) is 35.6 Å². The molecular formula is C62H73F2NO2. The van der Waals surface area contributed by atoms with Crippen molar-refractivity contribution in [1.82, 2.24) is 0 Å². The summed E-state index contributed by atoms with van der Waals surface area (Å²) in [5.41, 5.74) is 11.6. The number of aryl methyl sites for hydroxylation is 3. The average molecular weight is 902 g/mol. The van der Waals surface area contributed by atoms with Crippen molar-refractivity contribution in [2.24, 2.45) is 10.9 Å². The van der Waals surface area contributed by atoms with Gasteiger partial charge in [0, 0.05) is 17.9 Å². The van der Waals surface area contributed by atoms with Gasteiger partial charge in [0.15, 0.2) is 11.6 Å². The molecule has 1 atom stereocenters. The van der Waals surface area contributed by atoms with Crippen LogP contribution in [-0.2, 0) is 22.4 Å². The zero-order chi connectivity index (χ0) is 47.6. The molecule has 0 aromatic heterocycles. The van der Waals surface area contributed by atoms with Crippen molar-refractivity contribution >= 4 is 23.9 Å². The Morgan fingerprint density at radius 1 is 0.552 bits per heavy atom. The minimum Gasteiger partial charge on any atom is -0.462 e. The number of carbonyl (C=O) groups is 1. The highest BCUT2D eigenvalue weighted by Gasteiger charge is 2.15. The predicted octanol–water partition coefficient (Wildman–Crippen LogP) is 18.1. The smallest absolute Gasteiger partial charge is 0.330 e. The van der Waals surface area contributed by atoms with E-state index in [9.17, 15) is 13.6 Å². The highest BCUT2D eigenvalue weighted by molar-refractivity contribution is 5.87. The normalized spacial score (nSPS) is 11.7. The van der Waals surface area contributed by atoms with E-state index >= 15 is 0 Å². The fourth-order valence-corrected chi connectivity index (χ4v) is 7.80. The van der Waals surface area contributed by atoms with Gasteiger partial charge in [0.2, 0.25) is 0 Å². The summed E-state index contributed by atoms with van der Waals surface area (Å²) in [5.74, 6) is -1.34. The Labute approximate surface area is 401 Å². The zero-order valence-electron chi connectivity index (χ0n) is 40.8. The van der Waals surface area contributed by atoms with E-state index in [4.69, 9.17) is 4.74 Å². The molecule has 352 valence electrons. The monoisotopic (exact) mass is 902 g/mol. The maximum Gasteiger partial charge on any atom is 0.330 e. The maximum atomic E-state index is 14.9. The summed E-state index contributed by atoms with van der Waals surface area (Å²) in [6, 6.07) is 44.6. The number of hydrogen-bond donors (Lipinski definition) is 0. The van der Waals surface area contributed by atoms with Crippen molar-refractivity contribution < 1.29 is 18.3 Å². The third-order valence-corrected chi connectivity index (χ3v) is 12.4. The SMILES string of the molecule is CCC(C)COC(=O)C=Cc1ccc(-c2ccc(N=Cc3ccc(C)cc3)cc2)cc1.CCCCCCCCCc1ccc(-c2ccc(-c3ccc(CCCCCCC)c(F)c3F)cc2)cc1. The Morgan fingerprint density at radius 3 is 1.63 bits per heavy atom. The number of carbonyl (C=O) groups excluding carboxylic acids is 1. The standard InChI is InChI=1S/C34H44F2.C28H29NO2/c1-3-5-7-9-10-12-13-15-27-17-19-28(20-18-27)29-21-23-30(24-22-29)32-26-25-31(33(35)34(32)36)16-14-11-8-6-4-2;1-4-21(2)20-31-28(30)18-11-23-9-12-25(13-10-23)26-14-16-27(17-15-26)29-19-24-7-5-22(3)6-8-24/h17-26H,3-16H2,1-2H3;5-19,21H,4,20H2,1-3H3. The van der Waals surface area contributed by atoms with Crippen molar-refractivity contribution in [1.29, 1.82) is 0 Å². The van der Waals surface area contributed by atoms with E-state index in [0.717, 1.165) is 71.2 Å². The first-order valence-corrected chi connectivity index (χ1v) is 25.0. The Kier molecular flexibility index (Phi) is 22.5. The molecule has 6 aromatic carbocycles. The molecule has 0 spiro atoms. The third-order valence-electron chi connectivity index (χ3n) is 12.4. The Morgan fingerprint density at radius 2 is 1.04 bits per heavy atom. The van der Waals surface area contributed by atoms with Gasteiger partial charge < -0.3 is 4.74 Å². The molecule has 1 unspecified atom stereocenters. The van der Waals surface area contributed by atoms with Crippen LogP contribution in [0.4, 0.5) is 14.5 Å². The summed E-state index contributed by atoms with van der Waals surface area (Å²) >= 11 is 0. The van der Waals surface area contributed by atoms with Crippen LogP contribution in [-0.4, -0.2) is 18.8 Å². The minimum absolute atomic E-state index is 0.300. The number of halogens is 2. The first-order valence-electron chi connectivity index (χ1n) is 25.0. The Bertz CT molecular complexity index is 2400. The number of hydrogen-bond acceptors (Lipinski definition) is 3. The van der Waals surface area contributed by atoms with Crippen molar-refractivity contribution in [3.05, 3.63) is 179 Å². The molecule has 0 aliphatic heterocycles. The topological polar surface area (TPSA) is 38.7 Å². The van der Waals surface area contributed by atoms with Crippen LogP contribution >= 0.6 is 0 Å². The lowest BCUT2D eigenvalue weighted by atomic mass is 9.96. The van der Waals surface area contributed by atoms with Gasteiger partial charge in [-0.15, -0.1) is 0 Å². The number of ether oxygens (including phenoxy) is 1. The number of esters is 1. The van der Waals surface area contributed by atoms with Crippen molar-refractivity contribution in [2.75, 3.05) is 6.61 Å². The zero-order valence-corrected chi connectivity index (χ0v) is 40.8. The Balaban J connectivity index is 0.000000254. The van der Waals surface area contributed by atoms with Crippen LogP contribution in [0.3, 0.4) is 0 Å². The fourth-order valence-electron chi connectivity index (χ4n) is 7.80. The van der Waals surface area contributed by atoms with Crippen molar-refractivity contribution in [2.45, 2.75) is 131 Å². The van der Waals surface area contributed by atoms with Crippen molar-refractivity contribution in [3.63, 3.8) is 0 Å². The number of aliphatic imine (C=N–C) groups is 1. The largest absolute Gasteiger partial charge is 0.462 e. The molecule has 6 aromatic rings. The first kappa shape index (κ1) is 52.0. The van der Waals surface area contributed by atoms with E-state index in [1.54, 1.807) is 18.2 Å². The molecular weight excluding hydrogens is 829 g/mol. The van der Waals surface area contributed by atoms with Gasteiger partial charge >= 0.3 is 5.97 Å². The van der Waals surface area contributed by atoms with Crippen molar-refractivity contribution in [3.8, 4) is 33.4 Å². The van der Waals surface area contributed by atoms with Crippen LogP contribution < -0.4 is 0 Å². The van der Waals surface area contributed by atoms with Crippen LogP contribution in [0.2, 0.25) is 0 Å². The summed E-state index contributed by atoms with van der Waals surface area (Å²) < 4.78 is 34.8. The van der Waals surface area contributed by atoms with E-state index in [2.05, 4.69) is 112 Å². The lowest BCUT2D eigenvalue weighted by molar-refractivity contribution is -0.138. The molecule has 0 fully saturated rings. The van der Waals surface area contributed by atoms with Crippen LogP contribution in [0.1, 0.15) is 139 Å². The Hall–Kier alpha value is -5.94. The molecule has 0 heterocycles. The predicted molar refractivity (Wildman–Crippen MR) is 281 cm³/mol. The number of rotatable bonds is 24. The molecule has 0 saturated carbocycles. The second-order valence-electron chi connectivity index (χ2n) is 18.0. The van der Waals surface area contributed by atoms with Crippen LogP contribution in [0.25, 0.3) is 39.5 Å². The van der Waals surface area contributed by atoms with E-state index in [1.807, 2.05) is 54.7 Å². The molecule has 0 bridgehead atoms. The molecule has 0 N–H and O–H groups in total. The van der Waals surface area contributed by atoms with Gasteiger partial charge in [-0.3, -0.25) is 4.99 Å². The second kappa shape index (κ2) is 29.0. The van der Waals surface area contributed by atoms with Crippen LogP contribution in [0.5, 0.6) is 0 Å². The van der Waals surface area contributed by atoms with Gasteiger partial charge in [0.1, 0.15) is 0 Å². The summed E-state index contributed by atoms with van der Waals surface area (Å²) in [5, 5.41) is 0. The summed E-state index contributed by atoms with van der Waals surface area (Å²) in [7, 11) is 0. The second-order valence-corrected chi connectivity index (χ2v) is 18.0. The highest BCUT2D eigenvalue weighted by atomic mass is 19.2. The average Bonchev–Trinajstić information content (AvgIpc) is 3.36. The molecule has 5 heteroatoms. The van der Waals surface area contributed by atoms with Gasteiger partial charge in [0.05, 0.1) is 12.3 Å². The molecule has 67 heavy (non-hydrogen) atoms. The number of nitrogens with zero attached hydrogens (tertiary/aromatic N) is 1.